The van der Waals surface area contributed by atoms with Crippen LogP contribution >= 0.6 is 0 Å². The van der Waals surface area contributed by atoms with E-state index < -0.39 is 15.4 Å². The first kappa shape index (κ1) is 19.0. The Balaban J connectivity index is 1.54. The molecule has 1 aromatic rings. The summed E-state index contributed by atoms with van der Waals surface area (Å²) in [6.45, 7) is 2.32. The molecule has 1 aromatic heterocycles. The number of hydrogen-bond donors (Lipinski definition) is 2. The van der Waals surface area contributed by atoms with Gasteiger partial charge < -0.3 is 9.84 Å². The largest absolute Gasteiger partial charge is 0.348 e. The smallest absolute Gasteiger partial charge is 0.267 e. The highest BCUT2D eigenvalue weighted by molar-refractivity contribution is 7.88. The van der Waals surface area contributed by atoms with E-state index in [1.165, 1.54) is 10.6 Å². The molecule has 0 radical (unpaired) electrons. The zero-order valence-corrected chi connectivity index (χ0v) is 16.5. The zero-order valence-electron chi connectivity index (χ0n) is 15.6. The van der Waals surface area contributed by atoms with Gasteiger partial charge in [-0.2, -0.15) is 10.1 Å². The van der Waals surface area contributed by atoms with Crippen LogP contribution in [0.2, 0.25) is 0 Å². The fourth-order valence-corrected chi connectivity index (χ4v) is 5.34. The predicted octanol–water partition coefficient (Wildman–Crippen LogP) is -0.948. The molecule has 2 fully saturated rings. The number of aryl methyl sites for hydroxylation is 1. The number of aromatic nitrogens is 2. The van der Waals surface area contributed by atoms with Crippen molar-refractivity contribution in [2.45, 2.75) is 44.1 Å². The van der Waals surface area contributed by atoms with Crippen molar-refractivity contribution in [1.29, 1.82) is 0 Å². The van der Waals surface area contributed by atoms with Gasteiger partial charge >= 0.3 is 0 Å². The molecule has 0 bridgehead atoms. The maximum absolute atomic E-state index is 12.5. The van der Waals surface area contributed by atoms with Crippen molar-refractivity contribution in [3.05, 3.63) is 11.7 Å². The number of hydrazone groups is 1. The fraction of sp³-hybridized carbons (Fsp3) is 0.688. The summed E-state index contributed by atoms with van der Waals surface area (Å²) < 4.78 is 31.0. The van der Waals surface area contributed by atoms with Crippen molar-refractivity contribution >= 4 is 27.5 Å². The van der Waals surface area contributed by atoms with Crippen LogP contribution in [0.25, 0.3) is 0 Å². The number of fused-ring (bicyclic) bond motifs is 1. The van der Waals surface area contributed by atoms with E-state index in [2.05, 4.69) is 26.0 Å². The summed E-state index contributed by atoms with van der Waals surface area (Å²) in [5.41, 5.74) is 1.99. The highest BCUT2D eigenvalue weighted by atomic mass is 32.2. The Labute approximate surface area is 162 Å². The molecule has 28 heavy (non-hydrogen) atoms. The molecule has 0 spiro atoms. The average molecular weight is 410 g/mol. The summed E-state index contributed by atoms with van der Waals surface area (Å²) in [4.78, 5) is 28.1. The zero-order chi connectivity index (χ0) is 20.1. The third kappa shape index (κ3) is 3.30. The van der Waals surface area contributed by atoms with E-state index in [1.54, 1.807) is 6.92 Å². The number of nitrogens with zero attached hydrogens (tertiary/aromatic N) is 4. The van der Waals surface area contributed by atoms with E-state index in [0.717, 1.165) is 0 Å². The molecule has 4 rings (SSSR count). The van der Waals surface area contributed by atoms with Gasteiger partial charge in [-0.05, 0) is 25.7 Å². The number of carbonyl (C=O) groups is 2. The third-order valence-corrected chi connectivity index (χ3v) is 6.98. The molecule has 152 valence electrons. The first-order valence-electron chi connectivity index (χ1n) is 9.09. The molecule has 3 atom stereocenters. The van der Waals surface area contributed by atoms with Gasteiger partial charge in [0.25, 0.3) is 5.91 Å². The quantitative estimate of drug-likeness (QED) is 0.650. The highest BCUT2D eigenvalue weighted by Crippen LogP contribution is 2.50. The lowest BCUT2D eigenvalue weighted by atomic mass is 9.80. The third-order valence-electron chi connectivity index (χ3n) is 5.77. The lowest BCUT2D eigenvalue weighted by Gasteiger charge is -2.25. The topological polar surface area (TPSA) is 147 Å². The lowest BCUT2D eigenvalue weighted by Crippen LogP contribution is -2.43. The molecule has 11 nitrogen and oxygen atoms in total. The highest BCUT2D eigenvalue weighted by Gasteiger charge is 2.59. The van der Waals surface area contributed by atoms with Crippen LogP contribution in [0.4, 0.5) is 0 Å². The van der Waals surface area contributed by atoms with E-state index >= 15 is 0 Å². The molecule has 2 amide bonds. The van der Waals surface area contributed by atoms with Gasteiger partial charge in [0.05, 0.1) is 11.7 Å². The summed E-state index contributed by atoms with van der Waals surface area (Å²) >= 11 is 0. The maximum Gasteiger partial charge on any atom is 0.267 e. The molecule has 1 aliphatic carbocycles. The maximum atomic E-state index is 12.5. The molecule has 12 heteroatoms. The van der Waals surface area contributed by atoms with Crippen molar-refractivity contribution in [3.8, 4) is 0 Å². The van der Waals surface area contributed by atoms with Crippen LogP contribution < -0.4 is 10.7 Å². The monoisotopic (exact) mass is 410 g/mol. The Morgan fingerprint density at radius 1 is 1.39 bits per heavy atom. The summed E-state index contributed by atoms with van der Waals surface area (Å²) in [5, 5.41) is 10.7. The van der Waals surface area contributed by atoms with E-state index in [4.69, 9.17) is 4.52 Å². The second kappa shape index (κ2) is 6.62. The number of rotatable bonds is 4. The van der Waals surface area contributed by atoms with Gasteiger partial charge in [-0.25, -0.2) is 18.1 Å². The molecule has 0 aromatic carbocycles. The van der Waals surface area contributed by atoms with E-state index in [9.17, 15) is 18.0 Å². The van der Waals surface area contributed by atoms with Gasteiger partial charge in [-0.3, -0.25) is 9.59 Å². The van der Waals surface area contributed by atoms with Crippen LogP contribution in [0.5, 0.6) is 0 Å². The van der Waals surface area contributed by atoms with E-state index in [1.807, 2.05) is 0 Å². The fourth-order valence-electron chi connectivity index (χ4n) is 4.42. The predicted molar refractivity (Wildman–Crippen MR) is 96.6 cm³/mol. The van der Waals surface area contributed by atoms with Crippen molar-refractivity contribution in [3.63, 3.8) is 0 Å². The Morgan fingerprint density at radius 3 is 2.79 bits per heavy atom. The van der Waals surface area contributed by atoms with Gasteiger partial charge in [0.15, 0.2) is 5.82 Å². The molecule has 1 saturated carbocycles. The normalized spacial score (nSPS) is 30.6. The minimum atomic E-state index is -3.35. The van der Waals surface area contributed by atoms with Crippen molar-refractivity contribution < 1.29 is 22.5 Å². The summed E-state index contributed by atoms with van der Waals surface area (Å²) in [6.07, 6.45) is 2.81. The minimum Gasteiger partial charge on any atom is -0.348 e. The molecule has 2 N–H and O–H groups in total. The standard InChI is InChI=1S/C16H22N6O5S/c1-9-17-15(27-21-9)16-6-11(5-10(16)7-22(8-16)28(2,25)26)18-14(24)12-3-4-13(23)20-19-12/h10-11H,3-8H2,1-2H3,(H,18,24)(H,20,23)/t10-,11+,16-/m0/s1. The van der Waals surface area contributed by atoms with Crippen LogP contribution in [0.3, 0.4) is 0 Å². The number of sulfonamides is 1. The van der Waals surface area contributed by atoms with Crippen LogP contribution in [0.1, 0.15) is 37.4 Å². The number of amides is 2. The van der Waals surface area contributed by atoms with E-state index in [-0.39, 0.29) is 42.5 Å². The van der Waals surface area contributed by atoms with Crippen molar-refractivity contribution in [2.24, 2.45) is 11.0 Å². The Morgan fingerprint density at radius 2 is 2.18 bits per heavy atom. The van der Waals surface area contributed by atoms with Crippen LogP contribution in [-0.2, 0) is 25.0 Å². The summed E-state index contributed by atoms with van der Waals surface area (Å²) in [7, 11) is -3.35. The first-order valence-corrected chi connectivity index (χ1v) is 10.9. The summed E-state index contributed by atoms with van der Waals surface area (Å²) in [6, 6.07) is -0.174. The molecular weight excluding hydrogens is 388 g/mol. The minimum absolute atomic E-state index is 0.0413. The summed E-state index contributed by atoms with van der Waals surface area (Å²) in [5.74, 6) is 0.335. The van der Waals surface area contributed by atoms with Gasteiger partial charge in [-0.15, -0.1) is 0 Å². The SMILES string of the molecule is Cc1noc([C@]23C[C@H](NC(=O)C4=NNC(=O)CC4)C[C@H]2CN(S(C)(=O)=O)C3)n1. The van der Waals surface area contributed by atoms with Crippen molar-refractivity contribution in [1.82, 2.24) is 25.2 Å². The van der Waals surface area contributed by atoms with Gasteiger partial charge in [0.2, 0.25) is 21.8 Å². The number of hydrogen-bond acceptors (Lipinski definition) is 8. The Hall–Kier alpha value is -2.34. The van der Waals surface area contributed by atoms with Crippen molar-refractivity contribution in [2.75, 3.05) is 19.3 Å². The molecule has 3 aliphatic rings. The molecule has 2 aliphatic heterocycles. The second-order valence-corrected chi connectivity index (χ2v) is 9.74. The van der Waals surface area contributed by atoms with Crippen LogP contribution in [-0.4, -0.2) is 65.8 Å². The van der Waals surface area contributed by atoms with E-state index in [0.29, 0.717) is 37.5 Å². The van der Waals surface area contributed by atoms with Gasteiger partial charge in [0.1, 0.15) is 5.71 Å². The van der Waals surface area contributed by atoms with Crippen LogP contribution in [0, 0.1) is 12.8 Å². The Bertz CT molecular complexity index is 956. The van der Waals surface area contributed by atoms with Gasteiger partial charge in [-0.1, -0.05) is 5.16 Å². The van der Waals surface area contributed by atoms with Gasteiger partial charge in [0, 0.05) is 32.0 Å². The molecule has 0 unspecified atom stereocenters. The molecule has 1 saturated heterocycles. The molecule has 3 heterocycles. The number of carbonyl (C=O) groups excluding carboxylic acids is 2. The lowest BCUT2D eigenvalue weighted by molar-refractivity contribution is -0.121. The number of nitrogens with one attached hydrogen (secondary N) is 2. The molecular formula is C16H22N6O5S. The average Bonchev–Trinajstić information content (AvgIpc) is 3.27. The van der Waals surface area contributed by atoms with Crippen LogP contribution in [0.15, 0.2) is 9.62 Å². The second-order valence-electron chi connectivity index (χ2n) is 7.76. The Kier molecular flexibility index (Phi) is 4.49. The first-order chi connectivity index (χ1) is 13.2.